The maximum atomic E-state index is 14.0. The van der Waals surface area contributed by atoms with E-state index in [4.69, 9.17) is 16.3 Å². The summed E-state index contributed by atoms with van der Waals surface area (Å²) in [6.07, 6.45) is 0.767. The maximum absolute atomic E-state index is 14.0. The summed E-state index contributed by atoms with van der Waals surface area (Å²) in [4.78, 5) is 12.7. The molecule has 0 aromatic heterocycles. The molecule has 0 atom stereocenters. The number of sulfonamides is 1. The van der Waals surface area contributed by atoms with E-state index in [-0.39, 0.29) is 35.5 Å². The van der Waals surface area contributed by atoms with Crippen LogP contribution in [0, 0.1) is 11.7 Å². The van der Waals surface area contributed by atoms with E-state index in [0.717, 1.165) is 5.56 Å². The summed E-state index contributed by atoms with van der Waals surface area (Å²) in [7, 11) is -3.76. The molecule has 9 heteroatoms. The van der Waals surface area contributed by atoms with E-state index in [1.807, 2.05) is 30.3 Å². The maximum Gasteiger partial charge on any atom is 0.227 e. The second-order valence-corrected chi connectivity index (χ2v) is 10.8. The smallest absolute Gasteiger partial charge is 0.227 e. The SMILES string of the molecule is O=C(Nc1ccc(OCc2ccccc2)cc1)C1CCN(S(=O)(=O)Cc2c(F)cccc2Cl)CC1. The lowest BCUT2D eigenvalue weighted by Gasteiger charge is -2.30. The lowest BCUT2D eigenvalue weighted by molar-refractivity contribution is -0.120. The number of anilines is 1. The zero-order valence-electron chi connectivity index (χ0n) is 19.0. The van der Waals surface area contributed by atoms with Crippen molar-refractivity contribution in [3.05, 3.63) is 94.8 Å². The Morgan fingerprint density at radius 1 is 1.00 bits per heavy atom. The molecular weight excluding hydrogens is 491 g/mol. The number of nitrogens with zero attached hydrogens (tertiary/aromatic N) is 1. The summed E-state index contributed by atoms with van der Waals surface area (Å²) < 4.78 is 46.7. The van der Waals surface area contributed by atoms with Crippen LogP contribution in [0.4, 0.5) is 10.1 Å². The molecule has 35 heavy (non-hydrogen) atoms. The molecule has 1 amide bonds. The van der Waals surface area contributed by atoms with Gasteiger partial charge in [0.05, 0.1) is 5.75 Å². The van der Waals surface area contributed by atoms with Crippen molar-refractivity contribution in [1.29, 1.82) is 0 Å². The number of piperidine rings is 1. The van der Waals surface area contributed by atoms with Gasteiger partial charge in [0.25, 0.3) is 0 Å². The van der Waals surface area contributed by atoms with Gasteiger partial charge in [-0.05, 0) is 54.8 Å². The number of ether oxygens (including phenoxy) is 1. The van der Waals surface area contributed by atoms with Crippen LogP contribution in [0.25, 0.3) is 0 Å². The molecule has 1 aliphatic rings. The fourth-order valence-electron chi connectivity index (χ4n) is 3.96. The highest BCUT2D eigenvalue weighted by atomic mass is 35.5. The topological polar surface area (TPSA) is 75.7 Å². The first-order chi connectivity index (χ1) is 16.8. The van der Waals surface area contributed by atoms with Crippen molar-refractivity contribution in [2.75, 3.05) is 18.4 Å². The van der Waals surface area contributed by atoms with Gasteiger partial charge in [-0.2, -0.15) is 0 Å². The van der Waals surface area contributed by atoms with Crippen LogP contribution >= 0.6 is 11.6 Å². The molecule has 1 aliphatic heterocycles. The number of hydrogen-bond acceptors (Lipinski definition) is 4. The molecular formula is C26H26ClFN2O4S. The largest absolute Gasteiger partial charge is 0.489 e. The number of amides is 1. The molecule has 0 unspecified atom stereocenters. The Morgan fingerprint density at radius 3 is 2.34 bits per heavy atom. The quantitative estimate of drug-likeness (QED) is 0.444. The third kappa shape index (κ3) is 6.60. The van der Waals surface area contributed by atoms with Crippen LogP contribution in [0.15, 0.2) is 72.8 Å². The second-order valence-electron chi connectivity index (χ2n) is 8.42. The molecule has 0 bridgehead atoms. The van der Waals surface area contributed by atoms with E-state index in [0.29, 0.717) is 30.9 Å². The third-order valence-electron chi connectivity index (χ3n) is 5.98. The number of halogens is 2. The van der Waals surface area contributed by atoms with Gasteiger partial charge in [0, 0.05) is 35.3 Å². The molecule has 0 saturated carbocycles. The number of rotatable bonds is 8. The minimum Gasteiger partial charge on any atom is -0.489 e. The van der Waals surface area contributed by atoms with Crippen molar-refractivity contribution >= 4 is 33.2 Å². The predicted molar refractivity (Wildman–Crippen MR) is 134 cm³/mol. The minimum absolute atomic E-state index is 0.0368. The first kappa shape index (κ1) is 25.2. The lowest BCUT2D eigenvalue weighted by atomic mass is 9.97. The van der Waals surface area contributed by atoms with E-state index in [1.165, 1.54) is 22.5 Å². The van der Waals surface area contributed by atoms with Crippen molar-refractivity contribution in [3.8, 4) is 5.75 Å². The molecule has 0 radical (unpaired) electrons. The average Bonchev–Trinajstić information content (AvgIpc) is 2.87. The van der Waals surface area contributed by atoms with Gasteiger partial charge in [-0.3, -0.25) is 4.79 Å². The van der Waals surface area contributed by atoms with Crippen LogP contribution < -0.4 is 10.1 Å². The molecule has 3 aromatic rings. The Labute approximate surface area is 209 Å². The summed E-state index contributed by atoms with van der Waals surface area (Å²) in [5.74, 6) is -0.926. The van der Waals surface area contributed by atoms with Crippen LogP contribution in [0.1, 0.15) is 24.0 Å². The van der Waals surface area contributed by atoms with Crippen LogP contribution in [0.2, 0.25) is 5.02 Å². The summed E-state index contributed by atoms with van der Waals surface area (Å²) in [6.45, 7) is 0.842. The summed E-state index contributed by atoms with van der Waals surface area (Å²) in [5, 5.41) is 2.97. The Balaban J connectivity index is 1.27. The Morgan fingerprint density at radius 2 is 1.69 bits per heavy atom. The van der Waals surface area contributed by atoms with Crippen LogP contribution in [0.5, 0.6) is 5.75 Å². The average molecular weight is 517 g/mol. The third-order valence-corrected chi connectivity index (χ3v) is 8.14. The first-order valence-electron chi connectivity index (χ1n) is 11.3. The summed E-state index contributed by atoms with van der Waals surface area (Å²) >= 11 is 5.99. The minimum atomic E-state index is -3.76. The summed E-state index contributed by atoms with van der Waals surface area (Å²) in [6, 6.07) is 21.1. The van der Waals surface area contributed by atoms with Crippen LogP contribution in [-0.4, -0.2) is 31.7 Å². The number of nitrogens with one attached hydrogen (secondary N) is 1. The standard InChI is InChI=1S/C26H26ClFN2O4S/c27-24-7-4-8-25(28)23(24)18-35(32,33)30-15-13-20(14-16-30)26(31)29-21-9-11-22(12-10-21)34-17-19-5-2-1-3-6-19/h1-12,20H,13-18H2,(H,29,31). The van der Waals surface area contributed by atoms with E-state index in [9.17, 15) is 17.6 Å². The fraction of sp³-hybridized carbons (Fsp3) is 0.269. The molecule has 0 aliphatic carbocycles. The molecule has 3 aromatic carbocycles. The van der Waals surface area contributed by atoms with Gasteiger partial charge < -0.3 is 10.1 Å². The lowest BCUT2D eigenvalue weighted by Crippen LogP contribution is -2.42. The van der Waals surface area contributed by atoms with Crippen molar-refractivity contribution in [1.82, 2.24) is 4.31 Å². The Hall–Kier alpha value is -2.94. The molecule has 1 saturated heterocycles. The number of benzene rings is 3. The van der Waals surface area contributed by atoms with Gasteiger partial charge in [-0.25, -0.2) is 17.1 Å². The van der Waals surface area contributed by atoms with E-state index >= 15 is 0 Å². The van der Waals surface area contributed by atoms with Gasteiger partial charge in [-0.1, -0.05) is 48.0 Å². The number of carbonyl (C=O) groups is 1. The molecule has 1 N–H and O–H groups in total. The van der Waals surface area contributed by atoms with E-state index < -0.39 is 21.6 Å². The van der Waals surface area contributed by atoms with Crippen molar-refractivity contribution < 1.29 is 22.3 Å². The van der Waals surface area contributed by atoms with Gasteiger partial charge >= 0.3 is 0 Å². The van der Waals surface area contributed by atoms with Gasteiger partial charge in [-0.15, -0.1) is 0 Å². The van der Waals surface area contributed by atoms with Crippen LogP contribution in [-0.2, 0) is 27.2 Å². The summed E-state index contributed by atoms with van der Waals surface area (Å²) in [5.41, 5.74) is 1.67. The second kappa shape index (κ2) is 11.2. The molecule has 184 valence electrons. The van der Waals surface area contributed by atoms with E-state index in [1.54, 1.807) is 24.3 Å². The normalized spacial score (nSPS) is 15.0. The van der Waals surface area contributed by atoms with Gasteiger partial charge in [0.15, 0.2) is 0 Å². The monoisotopic (exact) mass is 516 g/mol. The molecule has 0 spiro atoms. The van der Waals surface area contributed by atoms with E-state index in [2.05, 4.69) is 5.32 Å². The van der Waals surface area contributed by atoms with Crippen molar-refractivity contribution in [3.63, 3.8) is 0 Å². The zero-order chi connectivity index (χ0) is 24.8. The fourth-order valence-corrected chi connectivity index (χ4v) is 5.88. The molecule has 1 fully saturated rings. The zero-order valence-corrected chi connectivity index (χ0v) is 20.6. The Kier molecular flexibility index (Phi) is 8.05. The number of carbonyl (C=O) groups excluding carboxylic acids is 1. The highest BCUT2D eigenvalue weighted by molar-refractivity contribution is 7.88. The number of hydrogen-bond donors (Lipinski definition) is 1. The molecule has 4 rings (SSSR count). The van der Waals surface area contributed by atoms with Gasteiger partial charge in [0.1, 0.15) is 18.2 Å². The highest BCUT2D eigenvalue weighted by Crippen LogP contribution is 2.27. The highest BCUT2D eigenvalue weighted by Gasteiger charge is 2.32. The van der Waals surface area contributed by atoms with Crippen molar-refractivity contribution in [2.45, 2.75) is 25.2 Å². The molecule has 1 heterocycles. The first-order valence-corrected chi connectivity index (χ1v) is 13.3. The Bertz CT molecular complexity index is 1240. The van der Waals surface area contributed by atoms with Crippen LogP contribution in [0.3, 0.4) is 0 Å². The predicted octanol–water partition coefficient (Wildman–Crippen LogP) is 5.24. The molecule has 6 nitrogen and oxygen atoms in total. The van der Waals surface area contributed by atoms with Gasteiger partial charge in [0.2, 0.25) is 15.9 Å². The van der Waals surface area contributed by atoms with Crippen molar-refractivity contribution in [2.24, 2.45) is 5.92 Å².